The normalized spacial score (nSPS) is 11.6. The quantitative estimate of drug-likeness (QED) is 0.480. The molecule has 3 aromatic rings. The van der Waals surface area contributed by atoms with Gasteiger partial charge >= 0.3 is 0 Å². The molecule has 0 bridgehead atoms. The fourth-order valence-electron chi connectivity index (χ4n) is 2.34. The van der Waals surface area contributed by atoms with Gasteiger partial charge in [-0.15, -0.1) is 0 Å². The molecule has 0 saturated heterocycles. The zero-order valence-electron chi connectivity index (χ0n) is 14.4. The lowest BCUT2D eigenvalue weighted by atomic mass is 10.1. The molecule has 0 radical (unpaired) electrons. The van der Waals surface area contributed by atoms with Gasteiger partial charge in [0.15, 0.2) is 0 Å². The van der Waals surface area contributed by atoms with Crippen molar-refractivity contribution in [3.63, 3.8) is 0 Å². The molecular weight excluding hydrogens is 371 g/mol. The van der Waals surface area contributed by atoms with E-state index in [0.29, 0.717) is 29.2 Å². The molecule has 2 aromatic carbocycles. The Balaban J connectivity index is 1.74. The van der Waals surface area contributed by atoms with Gasteiger partial charge in [0.2, 0.25) is 0 Å². The van der Waals surface area contributed by atoms with Crippen molar-refractivity contribution < 1.29 is 17.5 Å². The van der Waals surface area contributed by atoms with Crippen LogP contribution in [-0.2, 0) is 10.0 Å². The number of rotatable bonds is 7. The van der Waals surface area contributed by atoms with Crippen LogP contribution < -0.4 is 9.57 Å². The maximum atomic E-state index is 13.1. The molecule has 1 heterocycles. The van der Waals surface area contributed by atoms with Gasteiger partial charge in [0.05, 0.1) is 29.6 Å². The van der Waals surface area contributed by atoms with Crippen LogP contribution in [0.3, 0.4) is 0 Å². The minimum Gasteiger partial charge on any atom is -0.494 e. The zero-order chi connectivity index (χ0) is 19.3. The second-order valence-electron chi connectivity index (χ2n) is 5.46. The Morgan fingerprint density at radius 2 is 1.89 bits per heavy atom. The third-order valence-electron chi connectivity index (χ3n) is 3.62. The minimum atomic E-state index is -3.81. The van der Waals surface area contributed by atoms with E-state index in [-0.39, 0.29) is 10.7 Å². The van der Waals surface area contributed by atoms with Crippen LogP contribution in [0.5, 0.6) is 5.75 Å². The number of hydrogen-bond donors (Lipinski definition) is 2. The fourth-order valence-corrected chi connectivity index (χ4v) is 3.13. The molecule has 0 saturated carbocycles. The van der Waals surface area contributed by atoms with E-state index in [1.807, 2.05) is 6.92 Å². The molecule has 3 rings (SSSR count). The van der Waals surface area contributed by atoms with Gasteiger partial charge in [-0.1, -0.05) is 0 Å². The van der Waals surface area contributed by atoms with Crippen LogP contribution in [0.2, 0.25) is 0 Å². The Morgan fingerprint density at radius 3 is 2.56 bits per heavy atom. The van der Waals surface area contributed by atoms with Gasteiger partial charge < -0.3 is 4.74 Å². The summed E-state index contributed by atoms with van der Waals surface area (Å²) in [6.07, 6.45) is 2.82. The number of nitrogens with zero attached hydrogens (tertiary/aromatic N) is 2. The van der Waals surface area contributed by atoms with Crippen molar-refractivity contribution in [2.75, 3.05) is 6.61 Å². The Hall–Kier alpha value is -3.20. The second kappa shape index (κ2) is 8.00. The van der Waals surface area contributed by atoms with Crippen molar-refractivity contribution >= 4 is 16.2 Å². The highest BCUT2D eigenvalue weighted by Crippen LogP contribution is 2.20. The van der Waals surface area contributed by atoms with Gasteiger partial charge in [-0.3, -0.25) is 5.10 Å². The number of benzene rings is 2. The summed E-state index contributed by atoms with van der Waals surface area (Å²) in [5.74, 6) is 0.235. The first-order chi connectivity index (χ1) is 13.0. The molecule has 0 amide bonds. The lowest BCUT2D eigenvalue weighted by molar-refractivity contribution is 0.340. The Morgan fingerprint density at radius 1 is 1.19 bits per heavy atom. The van der Waals surface area contributed by atoms with E-state index in [9.17, 15) is 12.8 Å². The van der Waals surface area contributed by atoms with Crippen molar-refractivity contribution in [3.8, 4) is 17.0 Å². The highest BCUT2D eigenvalue weighted by molar-refractivity contribution is 7.89. The fraction of sp³-hybridized carbons (Fsp3) is 0.111. The number of hydrazone groups is 1. The predicted octanol–water partition coefficient (Wildman–Crippen LogP) is 2.93. The summed E-state index contributed by atoms with van der Waals surface area (Å²) in [6, 6.07) is 11.8. The number of hydrogen-bond acceptors (Lipinski definition) is 5. The average molecular weight is 388 g/mol. The van der Waals surface area contributed by atoms with E-state index in [0.717, 1.165) is 0 Å². The van der Waals surface area contributed by atoms with E-state index < -0.39 is 10.0 Å². The summed E-state index contributed by atoms with van der Waals surface area (Å²) in [4.78, 5) is 2.22. The van der Waals surface area contributed by atoms with Crippen LogP contribution in [0.4, 0.5) is 4.39 Å². The third-order valence-corrected chi connectivity index (χ3v) is 4.86. The smallest absolute Gasteiger partial charge is 0.276 e. The molecule has 9 heteroatoms. The molecule has 27 heavy (non-hydrogen) atoms. The first-order valence-corrected chi connectivity index (χ1v) is 9.55. The number of H-pyrrole nitrogens is 1. The van der Waals surface area contributed by atoms with Crippen molar-refractivity contribution in [1.29, 1.82) is 0 Å². The van der Waals surface area contributed by atoms with Crippen LogP contribution in [0.1, 0.15) is 12.5 Å². The molecule has 0 aliphatic carbocycles. The van der Waals surface area contributed by atoms with Crippen LogP contribution in [0.25, 0.3) is 11.3 Å². The summed E-state index contributed by atoms with van der Waals surface area (Å²) in [5.41, 5.74) is 1.85. The third kappa shape index (κ3) is 4.50. The summed E-state index contributed by atoms with van der Waals surface area (Å²) in [7, 11) is -3.81. The molecule has 0 aliphatic heterocycles. The predicted molar refractivity (Wildman–Crippen MR) is 99.5 cm³/mol. The maximum Gasteiger partial charge on any atom is 0.276 e. The molecule has 2 N–H and O–H groups in total. The molecule has 1 aromatic heterocycles. The van der Waals surface area contributed by atoms with Gasteiger partial charge in [0, 0.05) is 11.1 Å². The first kappa shape index (κ1) is 18.6. The highest BCUT2D eigenvalue weighted by atomic mass is 32.2. The number of nitrogens with one attached hydrogen (secondary N) is 2. The van der Waals surface area contributed by atoms with Crippen LogP contribution in [0.15, 0.2) is 64.7 Å². The number of ether oxygens (including phenoxy) is 1. The van der Waals surface area contributed by atoms with Crippen molar-refractivity contribution in [1.82, 2.24) is 15.0 Å². The summed E-state index contributed by atoms with van der Waals surface area (Å²) >= 11 is 0. The summed E-state index contributed by atoms with van der Waals surface area (Å²) in [5, 5.41) is 10.5. The number of aromatic amines is 1. The maximum absolute atomic E-state index is 13.1. The first-order valence-electron chi connectivity index (χ1n) is 8.06. The lowest BCUT2D eigenvalue weighted by Gasteiger charge is -2.05. The van der Waals surface area contributed by atoms with Gasteiger partial charge in [-0.2, -0.15) is 18.6 Å². The Labute approximate surface area is 155 Å². The van der Waals surface area contributed by atoms with Crippen LogP contribution in [-0.4, -0.2) is 31.4 Å². The number of aromatic nitrogens is 2. The Kier molecular flexibility index (Phi) is 5.51. The topological polar surface area (TPSA) is 96.4 Å². The van der Waals surface area contributed by atoms with Crippen molar-refractivity contribution in [3.05, 3.63) is 66.1 Å². The molecule has 0 spiro atoms. The van der Waals surface area contributed by atoms with E-state index in [1.165, 1.54) is 36.7 Å². The molecule has 0 aliphatic rings. The van der Waals surface area contributed by atoms with E-state index in [1.54, 1.807) is 24.3 Å². The number of halogens is 1. The van der Waals surface area contributed by atoms with Gasteiger partial charge in [0.25, 0.3) is 10.0 Å². The SMILES string of the molecule is CCOc1ccc(S(=O)(=O)N/N=C/c2cn[nH]c2-c2ccc(F)cc2)cc1. The number of sulfonamides is 1. The van der Waals surface area contributed by atoms with Crippen molar-refractivity contribution in [2.24, 2.45) is 5.10 Å². The lowest BCUT2D eigenvalue weighted by Crippen LogP contribution is -2.18. The minimum absolute atomic E-state index is 0.0639. The monoisotopic (exact) mass is 388 g/mol. The summed E-state index contributed by atoms with van der Waals surface area (Å²) in [6.45, 7) is 2.34. The van der Waals surface area contributed by atoms with E-state index >= 15 is 0 Å². The standard InChI is InChI=1S/C18H17FN4O3S/c1-2-26-16-7-9-17(10-8-16)27(24,25)23-21-12-14-11-20-22-18(14)13-3-5-15(19)6-4-13/h3-12,23H,2H2,1H3,(H,20,22)/b21-12+. The Bertz CT molecular complexity index is 1030. The molecule has 0 atom stereocenters. The zero-order valence-corrected chi connectivity index (χ0v) is 15.2. The van der Waals surface area contributed by atoms with Crippen molar-refractivity contribution in [2.45, 2.75) is 11.8 Å². The van der Waals surface area contributed by atoms with Gasteiger partial charge in [-0.25, -0.2) is 9.22 Å². The second-order valence-corrected chi connectivity index (χ2v) is 7.13. The highest BCUT2D eigenvalue weighted by Gasteiger charge is 2.13. The molecule has 0 unspecified atom stereocenters. The molecular formula is C18H17FN4O3S. The summed E-state index contributed by atoms with van der Waals surface area (Å²) < 4.78 is 42.9. The largest absolute Gasteiger partial charge is 0.494 e. The van der Waals surface area contributed by atoms with Crippen LogP contribution in [0, 0.1) is 5.82 Å². The van der Waals surface area contributed by atoms with E-state index in [2.05, 4.69) is 20.1 Å². The average Bonchev–Trinajstić information content (AvgIpc) is 3.11. The van der Waals surface area contributed by atoms with Crippen LogP contribution >= 0.6 is 0 Å². The molecule has 7 nitrogen and oxygen atoms in total. The molecule has 0 fully saturated rings. The molecule has 140 valence electrons. The van der Waals surface area contributed by atoms with E-state index in [4.69, 9.17) is 4.74 Å². The van der Waals surface area contributed by atoms with Gasteiger partial charge in [0.1, 0.15) is 11.6 Å². The van der Waals surface area contributed by atoms with Gasteiger partial charge in [-0.05, 0) is 55.5 Å².